The molecule has 170 valence electrons. The molecule has 2 aromatic carbocycles. The number of rotatable bonds is 8. The van der Waals surface area contributed by atoms with Gasteiger partial charge in [0.25, 0.3) is 0 Å². The highest BCUT2D eigenvalue weighted by molar-refractivity contribution is 8.02. The molecule has 1 fully saturated rings. The summed E-state index contributed by atoms with van der Waals surface area (Å²) < 4.78 is 26.7. The van der Waals surface area contributed by atoms with Gasteiger partial charge in [-0.1, -0.05) is 30.3 Å². The fourth-order valence-electron chi connectivity index (χ4n) is 3.43. The number of halogens is 2. The van der Waals surface area contributed by atoms with Crippen LogP contribution in [-0.2, 0) is 9.59 Å². The van der Waals surface area contributed by atoms with E-state index in [0.29, 0.717) is 38.4 Å². The van der Waals surface area contributed by atoms with Crippen LogP contribution in [0.4, 0.5) is 14.5 Å². The Labute approximate surface area is 191 Å². The Morgan fingerprint density at radius 2 is 1.84 bits per heavy atom. The molecule has 32 heavy (non-hydrogen) atoms. The molecule has 1 saturated heterocycles. The van der Waals surface area contributed by atoms with Crippen LogP contribution in [0, 0.1) is 11.6 Å². The van der Waals surface area contributed by atoms with Gasteiger partial charge in [0.15, 0.2) is 0 Å². The summed E-state index contributed by atoms with van der Waals surface area (Å²) in [6.07, 6.45) is 3.26. The maximum Gasteiger partial charge on any atom is 0.238 e. The average molecular weight is 460 g/mol. The molecule has 1 aliphatic heterocycles. The van der Waals surface area contributed by atoms with Gasteiger partial charge in [0.2, 0.25) is 11.8 Å². The maximum atomic E-state index is 13.7. The summed E-state index contributed by atoms with van der Waals surface area (Å²) in [4.78, 5) is 28.6. The van der Waals surface area contributed by atoms with E-state index in [9.17, 15) is 18.4 Å². The van der Waals surface area contributed by atoms with E-state index >= 15 is 0 Å². The van der Waals surface area contributed by atoms with Gasteiger partial charge in [-0.3, -0.25) is 14.5 Å². The highest BCUT2D eigenvalue weighted by Crippen LogP contribution is 2.15. The van der Waals surface area contributed by atoms with E-state index in [1.54, 1.807) is 11.8 Å². The minimum atomic E-state index is -0.803. The smallest absolute Gasteiger partial charge is 0.238 e. The van der Waals surface area contributed by atoms with Gasteiger partial charge in [0, 0.05) is 44.4 Å². The van der Waals surface area contributed by atoms with Crippen molar-refractivity contribution in [2.24, 2.45) is 0 Å². The van der Waals surface area contributed by atoms with Crippen LogP contribution in [0.2, 0.25) is 0 Å². The van der Waals surface area contributed by atoms with Crippen LogP contribution in [-0.4, -0.2) is 60.1 Å². The largest absolute Gasteiger partial charge is 0.341 e. The van der Waals surface area contributed by atoms with Crippen LogP contribution >= 0.6 is 11.8 Å². The van der Waals surface area contributed by atoms with E-state index in [4.69, 9.17) is 0 Å². The molecule has 2 aromatic rings. The Kier molecular flexibility index (Phi) is 9.25. The average Bonchev–Trinajstić information content (AvgIpc) is 3.02. The molecule has 1 heterocycles. The number of anilines is 1. The van der Waals surface area contributed by atoms with Crippen molar-refractivity contribution in [2.75, 3.05) is 43.8 Å². The summed E-state index contributed by atoms with van der Waals surface area (Å²) in [5.74, 6) is -1.03. The highest BCUT2D eigenvalue weighted by atomic mass is 32.2. The van der Waals surface area contributed by atoms with Crippen LogP contribution in [0.5, 0.6) is 0 Å². The Morgan fingerprint density at radius 1 is 1.03 bits per heavy atom. The SMILES string of the molecule is O=C(CN1CCCN(C(=O)CCSC=Cc2ccccc2)CC1)Nc1ccc(F)cc1F. The molecule has 0 aliphatic carbocycles. The third-order valence-corrected chi connectivity index (χ3v) is 5.87. The van der Waals surface area contributed by atoms with Crippen molar-refractivity contribution in [1.29, 1.82) is 0 Å². The summed E-state index contributed by atoms with van der Waals surface area (Å²) in [5, 5.41) is 4.49. The molecular formula is C24H27F2N3O2S. The molecule has 1 N–H and O–H groups in total. The van der Waals surface area contributed by atoms with Crippen molar-refractivity contribution in [2.45, 2.75) is 12.8 Å². The zero-order valence-corrected chi connectivity index (χ0v) is 18.6. The zero-order valence-electron chi connectivity index (χ0n) is 17.8. The number of carbonyl (C=O) groups excluding carboxylic acids is 2. The molecule has 8 heteroatoms. The van der Waals surface area contributed by atoms with Gasteiger partial charge in [-0.25, -0.2) is 8.78 Å². The monoisotopic (exact) mass is 459 g/mol. The summed E-state index contributed by atoms with van der Waals surface area (Å²) in [7, 11) is 0. The molecule has 5 nitrogen and oxygen atoms in total. The number of amides is 2. The lowest BCUT2D eigenvalue weighted by atomic mass is 10.2. The molecule has 0 bridgehead atoms. The molecule has 0 aromatic heterocycles. The molecular weight excluding hydrogens is 432 g/mol. The lowest BCUT2D eigenvalue weighted by molar-refractivity contribution is -0.130. The second-order valence-electron chi connectivity index (χ2n) is 7.52. The second-order valence-corrected chi connectivity index (χ2v) is 8.53. The molecule has 2 amide bonds. The van der Waals surface area contributed by atoms with Crippen molar-refractivity contribution in [3.63, 3.8) is 0 Å². The Morgan fingerprint density at radius 3 is 2.62 bits per heavy atom. The lowest BCUT2D eigenvalue weighted by Gasteiger charge is -2.21. The van der Waals surface area contributed by atoms with Gasteiger partial charge in [-0.05, 0) is 35.6 Å². The Hall–Kier alpha value is -2.71. The normalized spacial score (nSPS) is 15.0. The van der Waals surface area contributed by atoms with E-state index < -0.39 is 11.6 Å². The van der Waals surface area contributed by atoms with Gasteiger partial charge in [0.1, 0.15) is 11.6 Å². The van der Waals surface area contributed by atoms with E-state index in [1.807, 2.05) is 51.6 Å². The standard InChI is InChI=1S/C24H27F2N3O2S/c25-20-7-8-22(21(26)17-20)27-23(30)18-28-11-4-12-29(14-13-28)24(31)10-16-32-15-9-19-5-2-1-3-6-19/h1-3,5-9,15,17H,4,10-14,16,18H2,(H,27,30). The molecule has 3 rings (SSSR count). The first-order chi connectivity index (χ1) is 15.5. The van der Waals surface area contributed by atoms with Gasteiger partial charge in [-0.2, -0.15) is 0 Å². The van der Waals surface area contributed by atoms with Crippen LogP contribution in [0.3, 0.4) is 0 Å². The van der Waals surface area contributed by atoms with Gasteiger partial charge in [-0.15, -0.1) is 11.8 Å². The minimum absolute atomic E-state index is 0.0400. The van der Waals surface area contributed by atoms with E-state index in [1.165, 1.54) is 6.07 Å². The third kappa shape index (κ3) is 7.76. The van der Waals surface area contributed by atoms with Gasteiger partial charge in [0.05, 0.1) is 12.2 Å². The Balaban J connectivity index is 1.37. The van der Waals surface area contributed by atoms with Crippen LogP contribution in [0.25, 0.3) is 6.08 Å². The van der Waals surface area contributed by atoms with Crippen molar-refractivity contribution in [3.8, 4) is 0 Å². The molecule has 0 radical (unpaired) electrons. The third-order valence-electron chi connectivity index (χ3n) is 5.10. The first-order valence-corrected chi connectivity index (χ1v) is 11.6. The number of benzene rings is 2. The number of nitrogens with zero attached hydrogens (tertiary/aromatic N) is 2. The summed E-state index contributed by atoms with van der Waals surface area (Å²) in [6.45, 7) is 2.57. The first-order valence-electron chi connectivity index (χ1n) is 10.6. The predicted molar refractivity (Wildman–Crippen MR) is 125 cm³/mol. The lowest BCUT2D eigenvalue weighted by Crippen LogP contribution is -2.38. The van der Waals surface area contributed by atoms with Crippen molar-refractivity contribution >= 4 is 35.3 Å². The fourth-order valence-corrected chi connectivity index (χ4v) is 4.11. The van der Waals surface area contributed by atoms with Crippen molar-refractivity contribution in [3.05, 3.63) is 71.1 Å². The second kappa shape index (κ2) is 12.4. The zero-order chi connectivity index (χ0) is 22.8. The summed E-state index contributed by atoms with van der Waals surface area (Å²) in [6, 6.07) is 13.1. The first kappa shape index (κ1) is 23.9. The summed E-state index contributed by atoms with van der Waals surface area (Å²) >= 11 is 1.61. The fraction of sp³-hybridized carbons (Fsp3) is 0.333. The van der Waals surface area contributed by atoms with Gasteiger partial charge < -0.3 is 10.2 Å². The molecule has 0 spiro atoms. The topological polar surface area (TPSA) is 52.7 Å². The highest BCUT2D eigenvalue weighted by Gasteiger charge is 2.20. The van der Waals surface area contributed by atoms with E-state index in [2.05, 4.69) is 5.32 Å². The van der Waals surface area contributed by atoms with Gasteiger partial charge >= 0.3 is 0 Å². The summed E-state index contributed by atoms with van der Waals surface area (Å²) in [5.41, 5.74) is 1.09. The van der Waals surface area contributed by atoms with Crippen molar-refractivity contribution in [1.82, 2.24) is 9.80 Å². The number of nitrogens with one attached hydrogen (secondary N) is 1. The minimum Gasteiger partial charge on any atom is -0.341 e. The number of hydrogen-bond donors (Lipinski definition) is 1. The predicted octanol–water partition coefficient (Wildman–Crippen LogP) is 4.23. The number of carbonyl (C=O) groups is 2. The Bertz CT molecular complexity index is 940. The van der Waals surface area contributed by atoms with Crippen molar-refractivity contribution < 1.29 is 18.4 Å². The maximum absolute atomic E-state index is 13.7. The molecule has 0 atom stereocenters. The molecule has 1 aliphatic rings. The quantitative estimate of drug-likeness (QED) is 0.601. The van der Waals surface area contributed by atoms with E-state index in [0.717, 1.165) is 24.1 Å². The molecule has 0 saturated carbocycles. The van der Waals surface area contributed by atoms with E-state index in [-0.39, 0.29) is 24.0 Å². The van der Waals surface area contributed by atoms with Crippen LogP contribution in [0.1, 0.15) is 18.4 Å². The molecule has 0 unspecified atom stereocenters. The number of hydrogen-bond acceptors (Lipinski definition) is 4. The van der Waals surface area contributed by atoms with Crippen LogP contribution < -0.4 is 5.32 Å². The number of thioether (sulfide) groups is 1. The van der Waals surface area contributed by atoms with Crippen LogP contribution in [0.15, 0.2) is 53.9 Å².